The summed E-state index contributed by atoms with van der Waals surface area (Å²) in [5.41, 5.74) is -0.400. The first-order valence-electron chi connectivity index (χ1n) is 5.78. The molecule has 1 rings (SSSR count). The summed E-state index contributed by atoms with van der Waals surface area (Å²) in [5, 5.41) is 30.2. The first-order valence-corrected chi connectivity index (χ1v) is 5.78. The SMILES string of the molecule is Cn1cc([N+](=O)[O-])cc1C(=O)NC(CCC(=O)O)C(=O)O. The highest BCUT2D eigenvalue weighted by Gasteiger charge is 2.24. The number of aryl methyl sites for hydroxylation is 1. The summed E-state index contributed by atoms with van der Waals surface area (Å²) in [5.74, 6) is -3.40. The van der Waals surface area contributed by atoms with Gasteiger partial charge in [0.1, 0.15) is 11.7 Å². The van der Waals surface area contributed by atoms with E-state index < -0.39 is 35.2 Å². The minimum atomic E-state index is -1.39. The molecule has 1 amide bonds. The zero-order valence-electron chi connectivity index (χ0n) is 11.0. The fraction of sp³-hybridized carbons (Fsp3) is 0.364. The van der Waals surface area contributed by atoms with Crippen LogP contribution in [0.2, 0.25) is 0 Å². The van der Waals surface area contributed by atoms with E-state index in [0.717, 1.165) is 12.3 Å². The molecular formula is C11H13N3O7. The molecule has 1 heterocycles. The number of nitrogens with zero attached hydrogens (tertiary/aromatic N) is 2. The van der Waals surface area contributed by atoms with Crippen molar-refractivity contribution in [2.45, 2.75) is 18.9 Å². The molecule has 0 aliphatic rings. The Hall–Kier alpha value is -2.91. The summed E-state index contributed by atoms with van der Waals surface area (Å²) >= 11 is 0. The van der Waals surface area contributed by atoms with Crippen LogP contribution in [-0.4, -0.2) is 43.6 Å². The molecule has 0 aliphatic heterocycles. The van der Waals surface area contributed by atoms with Gasteiger partial charge in [0.2, 0.25) is 0 Å². The maximum atomic E-state index is 11.9. The first-order chi connectivity index (χ1) is 9.72. The van der Waals surface area contributed by atoms with Crippen molar-refractivity contribution in [2.24, 2.45) is 7.05 Å². The van der Waals surface area contributed by atoms with Gasteiger partial charge in [0, 0.05) is 19.5 Å². The van der Waals surface area contributed by atoms with Crippen LogP contribution in [0.15, 0.2) is 12.3 Å². The molecule has 0 spiro atoms. The molecule has 1 aromatic heterocycles. The summed E-state index contributed by atoms with van der Waals surface area (Å²) in [6, 6.07) is -0.381. The molecule has 114 valence electrons. The number of hydrogen-bond acceptors (Lipinski definition) is 5. The summed E-state index contributed by atoms with van der Waals surface area (Å²) in [4.78, 5) is 43.2. The first kappa shape index (κ1) is 16.1. The topological polar surface area (TPSA) is 152 Å². The van der Waals surface area contributed by atoms with E-state index in [0.29, 0.717) is 0 Å². The quantitative estimate of drug-likeness (QED) is 0.472. The van der Waals surface area contributed by atoms with E-state index in [1.807, 2.05) is 0 Å². The van der Waals surface area contributed by atoms with E-state index in [4.69, 9.17) is 10.2 Å². The predicted octanol–water partition coefficient (Wildman–Crippen LogP) is -0.0189. The highest BCUT2D eigenvalue weighted by Crippen LogP contribution is 2.15. The van der Waals surface area contributed by atoms with Crippen molar-refractivity contribution in [3.63, 3.8) is 0 Å². The van der Waals surface area contributed by atoms with E-state index in [9.17, 15) is 24.5 Å². The Morgan fingerprint density at radius 3 is 2.48 bits per heavy atom. The minimum Gasteiger partial charge on any atom is -0.481 e. The summed E-state index contributed by atoms with van der Waals surface area (Å²) in [7, 11) is 1.40. The molecule has 3 N–H and O–H groups in total. The third-order valence-electron chi connectivity index (χ3n) is 2.68. The number of aliphatic carboxylic acids is 2. The Bertz CT molecular complexity index is 593. The van der Waals surface area contributed by atoms with Gasteiger partial charge in [0.15, 0.2) is 0 Å². The number of nitro groups is 1. The lowest BCUT2D eigenvalue weighted by Gasteiger charge is -2.13. The van der Waals surface area contributed by atoms with Crippen molar-refractivity contribution in [1.82, 2.24) is 9.88 Å². The average Bonchev–Trinajstić information content (AvgIpc) is 2.76. The maximum absolute atomic E-state index is 11.9. The standard InChI is InChI=1S/C11H13N3O7/c1-13-5-6(14(20)21)4-8(13)10(17)12-7(11(18)19)2-3-9(15)16/h4-5,7H,2-3H2,1H3,(H,12,17)(H,15,16)(H,18,19). The van der Waals surface area contributed by atoms with Gasteiger partial charge in [-0.15, -0.1) is 0 Å². The number of carbonyl (C=O) groups is 3. The van der Waals surface area contributed by atoms with Gasteiger partial charge in [-0.2, -0.15) is 0 Å². The Kier molecular flexibility index (Phi) is 5.00. The van der Waals surface area contributed by atoms with E-state index in [-0.39, 0.29) is 17.8 Å². The summed E-state index contributed by atoms with van der Waals surface area (Å²) in [6.07, 6.45) is 0.398. The predicted molar refractivity (Wildman–Crippen MR) is 67.8 cm³/mol. The minimum absolute atomic E-state index is 0.0942. The Morgan fingerprint density at radius 1 is 1.43 bits per heavy atom. The largest absolute Gasteiger partial charge is 0.481 e. The molecule has 0 fully saturated rings. The van der Waals surface area contributed by atoms with Crippen LogP contribution < -0.4 is 5.32 Å². The molecule has 0 saturated heterocycles. The Balaban J connectivity index is 2.84. The van der Waals surface area contributed by atoms with Gasteiger partial charge in [-0.1, -0.05) is 0 Å². The second-order valence-electron chi connectivity index (χ2n) is 4.25. The maximum Gasteiger partial charge on any atom is 0.326 e. The highest BCUT2D eigenvalue weighted by molar-refractivity contribution is 5.96. The van der Waals surface area contributed by atoms with Crippen LogP contribution in [0.3, 0.4) is 0 Å². The highest BCUT2D eigenvalue weighted by atomic mass is 16.6. The van der Waals surface area contributed by atoms with E-state index in [1.54, 1.807) is 0 Å². The number of carbonyl (C=O) groups excluding carboxylic acids is 1. The smallest absolute Gasteiger partial charge is 0.326 e. The van der Waals surface area contributed by atoms with Crippen molar-refractivity contribution < 1.29 is 29.5 Å². The van der Waals surface area contributed by atoms with Crippen molar-refractivity contribution in [3.8, 4) is 0 Å². The molecule has 21 heavy (non-hydrogen) atoms. The van der Waals surface area contributed by atoms with E-state index in [1.165, 1.54) is 11.6 Å². The van der Waals surface area contributed by atoms with Crippen LogP contribution >= 0.6 is 0 Å². The van der Waals surface area contributed by atoms with Crippen LogP contribution in [-0.2, 0) is 16.6 Å². The Labute approximate surface area is 118 Å². The van der Waals surface area contributed by atoms with Crippen molar-refractivity contribution >= 4 is 23.5 Å². The molecule has 1 atom stereocenters. The van der Waals surface area contributed by atoms with Crippen LogP contribution in [0.4, 0.5) is 5.69 Å². The number of aromatic nitrogens is 1. The molecule has 0 bridgehead atoms. The number of rotatable bonds is 7. The van der Waals surface area contributed by atoms with Gasteiger partial charge < -0.3 is 20.1 Å². The van der Waals surface area contributed by atoms with Gasteiger partial charge in [-0.3, -0.25) is 19.7 Å². The number of carboxylic acids is 2. The van der Waals surface area contributed by atoms with Crippen molar-refractivity contribution in [3.05, 3.63) is 28.1 Å². The molecule has 0 saturated carbocycles. The third-order valence-corrected chi connectivity index (χ3v) is 2.68. The zero-order chi connectivity index (χ0) is 16.2. The van der Waals surface area contributed by atoms with Gasteiger partial charge >= 0.3 is 11.9 Å². The van der Waals surface area contributed by atoms with Gasteiger partial charge in [0.25, 0.3) is 11.6 Å². The van der Waals surface area contributed by atoms with E-state index in [2.05, 4.69) is 5.32 Å². The van der Waals surface area contributed by atoms with Gasteiger partial charge in [0.05, 0.1) is 11.1 Å². The molecule has 1 unspecified atom stereocenters. The molecular weight excluding hydrogens is 286 g/mol. The fourth-order valence-electron chi connectivity index (χ4n) is 1.63. The summed E-state index contributed by atoms with van der Waals surface area (Å²) < 4.78 is 1.18. The molecule has 0 aliphatic carbocycles. The molecule has 0 aromatic carbocycles. The van der Waals surface area contributed by atoms with Crippen molar-refractivity contribution in [1.29, 1.82) is 0 Å². The molecule has 1 aromatic rings. The van der Waals surface area contributed by atoms with Crippen LogP contribution in [0.5, 0.6) is 0 Å². The molecule has 10 nitrogen and oxygen atoms in total. The van der Waals surface area contributed by atoms with E-state index >= 15 is 0 Å². The second kappa shape index (κ2) is 6.50. The molecule has 10 heteroatoms. The monoisotopic (exact) mass is 299 g/mol. The zero-order valence-corrected chi connectivity index (χ0v) is 11.0. The second-order valence-corrected chi connectivity index (χ2v) is 4.25. The average molecular weight is 299 g/mol. The van der Waals surface area contributed by atoms with Gasteiger partial charge in [-0.25, -0.2) is 4.79 Å². The van der Waals surface area contributed by atoms with Crippen LogP contribution in [0, 0.1) is 10.1 Å². The lowest BCUT2D eigenvalue weighted by molar-refractivity contribution is -0.384. The normalized spacial score (nSPS) is 11.7. The number of hydrogen-bond donors (Lipinski definition) is 3. The van der Waals surface area contributed by atoms with Crippen molar-refractivity contribution in [2.75, 3.05) is 0 Å². The van der Waals surface area contributed by atoms with Gasteiger partial charge in [-0.05, 0) is 6.42 Å². The lowest BCUT2D eigenvalue weighted by Crippen LogP contribution is -2.41. The third kappa shape index (κ3) is 4.30. The number of amides is 1. The number of carboxylic acid groups (broad SMARTS) is 2. The lowest BCUT2D eigenvalue weighted by atomic mass is 10.1. The fourth-order valence-corrected chi connectivity index (χ4v) is 1.63. The number of nitrogens with one attached hydrogen (secondary N) is 1. The molecule has 0 radical (unpaired) electrons. The van der Waals surface area contributed by atoms with Crippen LogP contribution in [0.1, 0.15) is 23.3 Å². The summed E-state index contributed by atoms with van der Waals surface area (Å²) in [6.45, 7) is 0. The van der Waals surface area contributed by atoms with Crippen LogP contribution in [0.25, 0.3) is 0 Å². The Morgan fingerprint density at radius 2 is 2.05 bits per heavy atom.